The average Bonchev–Trinajstić information content (AvgIpc) is 1.66. The van der Waals surface area contributed by atoms with Crippen molar-refractivity contribution in [3.05, 3.63) is 0 Å². The highest BCUT2D eigenvalue weighted by Crippen LogP contribution is 1.97. The minimum atomic E-state index is 0.488. The second-order valence-electron chi connectivity index (χ2n) is 2.15. The van der Waals surface area contributed by atoms with Crippen LogP contribution in [-0.4, -0.2) is 13.1 Å². The van der Waals surface area contributed by atoms with Gasteiger partial charge in [-0.3, -0.25) is 4.79 Å². The lowest BCUT2D eigenvalue weighted by Gasteiger charge is -2.00. The van der Waals surface area contributed by atoms with E-state index in [1.807, 2.05) is 0 Å². The van der Waals surface area contributed by atoms with Gasteiger partial charge in [0, 0.05) is 0 Å². The lowest BCUT2D eigenvalue weighted by Crippen LogP contribution is -1.96. The van der Waals surface area contributed by atoms with Gasteiger partial charge in [0.2, 0.25) is 0 Å². The van der Waals surface area contributed by atoms with Gasteiger partial charge >= 0.3 is 0 Å². The highest BCUT2D eigenvalue weighted by atomic mass is 16.5. The van der Waals surface area contributed by atoms with Gasteiger partial charge in [-0.1, -0.05) is 13.8 Å². The Bertz CT molecular complexity index is 59.5. The zero-order valence-electron chi connectivity index (χ0n) is 5.39. The maximum absolute atomic E-state index is 9.56. The fourth-order valence-corrected chi connectivity index (χ4v) is 0.352. The van der Waals surface area contributed by atoms with E-state index in [2.05, 4.69) is 18.6 Å². The van der Waals surface area contributed by atoms with Gasteiger partial charge in [0.25, 0.3) is 6.47 Å². The van der Waals surface area contributed by atoms with Gasteiger partial charge in [0.05, 0.1) is 6.61 Å². The Labute approximate surface area is 49.8 Å². The van der Waals surface area contributed by atoms with Crippen molar-refractivity contribution in [1.29, 1.82) is 0 Å². The second kappa shape index (κ2) is 4.62. The van der Waals surface area contributed by atoms with E-state index in [0.717, 1.165) is 6.42 Å². The molecule has 2 nitrogen and oxygen atoms in total. The van der Waals surface area contributed by atoms with Gasteiger partial charge < -0.3 is 4.74 Å². The Kier molecular flexibility index (Phi) is 4.32. The Balaban J connectivity index is 2.81. The summed E-state index contributed by atoms with van der Waals surface area (Å²) < 4.78 is 4.46. The van der Waals surface area contributed by atoms with Crippen LogP contribution in [0.1, 0.15) is 20.3 Å². The number of hydrogen-bond acceptors (Lipinski definition) is 2. The summed E-state index contributed by atoms with van der Waals surface area (Å²) >= 11 is 0. The molecular formula is C6H12O2. The molecule has 0 aliphatic carbocycles. The van der Waals surface area contributed by atoms with Gasteiger partial charge in [0.1, 0.15) is 0 Å². The number of carbonyl (C=O) groups excluding carboxylic acids is 1. The van der Waals surface area contributed by atoms with Crippen molar-refractivity contribution in [2.24, 2.45) is 5.92 Å². The third-order valence-electron chi connectivity index (χ3n) is 0.881. The maximum Gasteiger partial charge on any atom is 0.293 e. The van der Waals surface area contributed by atoms with Gasteiger partial charge in [-0.2, -0.15) is 0 Å². The van der Waals surface area contributed by atoms with Crippen molar-refractivity contribution >= 4 is 6.47 Å². The predicted octanol–water partition coefficient (Wildman–Crippen LogP) is 1.21. The molecule has 0 fully saturated rings. The molecule has 0 saturated carbocycles. The molecule has 0 atom stereocenters. The zero-order chi connectivity index (χ0) is 6.41. The molecule has 0 unspecified atom stereocenters. The summed E-state index contributed by atoms with van der Waals surface area (Å²) in [7, 11) is 0. The normalized spacial score (nSPS) is 9.38. The molecule has 0 aromatic rings. The predicted molar refractivity (Wildman–Crippen MR) is 31.5 cm³/mol. The Hall–Kier alpha value is -0.530. The molecule has 0 radical (unpaired) electrons. The molecule has 0 aliphatic heterocycles. The molecule has 48 valence electrons. The van der Waals surface area contributed by atoms with Crippen LogP contribution in [0.5, 0.6) is 0 Å². The second-order valence-corrected chi connectivity index (χ2v) is 2.15. The molecule has 2 heteroatoms. The number of hydrogen-bond donors (Lipinski definition) is 0. The molecular weight excluding hydrogens is 104 g/mol. The first kappa shape index (κ1) is 7.47. The fourth-order valence-electron chi connectivity index (χ4n) is 0.352. The smallest absolute Gasteiger partial charge is 0.293 e. The summed E-state index contributed by atoms with van der Waals surface area (Å²) in [5.41, 5.74) is 0. The average molecular weight is 116 g/mol. The molecule has 0 rings (SSSR count). The summed E-state index contributed by atoms with van der Waals surface area (Å²) in [6.45, 7) is 5.23. The highest BCUT2D eigenvalue weighted by Gasteiger charge is 1.90. The van der Waals surface area contributed by atoms with E-state index in [-0.39, 0.29) is 0 Å². The molecule has 8 heavy (non-hydrogen) atoms. The minimum Gasteiger partial charge on any atom is -0.468 e. The summed E-state index contributed by atoms with van der Waals surface area (Å²) in [6, 6.07) is 0. The molecule has 0 bridgehead atoms. The molecule has 0 aliphatic rings. The minimum absolute atomic E-state index is 0.488. The van der Waals surface area contributed by atoms with Crippen LogP contribution in [-0.2, 0) is 9.53 Å². The molecule has 0 aromatic heterocycles. The van der Waals surface area contributed by atoms with Crippen LogP contribution < -0.4 is 0 Å². The molecule has 0 N–H and O–H groups in total. The quantitative estimate of drug-likeness (QED) is 0.407. The lowest BCUT2D eigenvalue weighted by molar-refractivity contribution is -0.128. The standard InChI is InChI=1S/C6H12O2/c1-6(2)3-4-8-5-7/h5-6H,3-4H2,1-2H3. The van der Waals surface area contributed by atoms with E-state index in [0.29, 0.717) is 19.0 Å². The van der Waals surface area contributed by atoms with Crippen molar-refractivity contribution in [3.63, 3.8) is 0 Å². The van der Waals surface area contributed by atoms with Crippen LogP contribution in [0.4, 0.5) is 0 Å². The topological polar surface area (TPSA) is 26.3 Å². The highest BCUT2D eigenvalue weighted by molar-refractivity contribution is 5.36. The van der Waals surface area contributed by atoms with Gasteiger partial charge in [0.15, 0.2) is 0 Å². The van der Waals surface area contributed by atoms with E-state index in [4.69, 9.17) is 0 Å². The summed E-state index contributed by atoms with van der Waals surface area (Å²) in [5.74, 6) is 0.620. The zero-order valence-corrected chi connectivity index (χ0v) is 5.39. The number of ether oxygens (including phenoxy) is 1. The SMILES string of the molecule is CC(C)CCOC=O. The third-order valence-corrected chi connectivity index (χ3v) is 0.881. The summed E-state index contributed by atoms with van der Waals surface area (Å²) in [6.07, 6.45) is 0.957. The Morgan fingerprint density at radius 2 is 2.25 bits per heavy atom. The van der Waals surface area contributed by atoms with E-state index in [9.17, 15) is 4.79 Å². The summed E-state index contributed by atoms with van der Waals surface area (Å²) in [4.78, 5) is 9.56. The van der Waals surface area contributed by atoms with Crippen molar-refractivity contribution < 1.29 is 9.53 Å². The first-order chi connectivity index (χ1) is 3.77. The molecule has 0 aromatic carbocycles. The maximum atomic E-state index is 9.56. The third kappa shape index (κ3) is 5.47. The number of carbonyl (C=O) groups is 1. The van der Waals surface area contributed by atoms with E-state index in [1.165, 1.54) is 0 Å². The largest absolute Gasteiger partial charge is 0.468 e. The van der Waals surface area contributed by atoms with Crippen LogP contribution in [0.15, 0.2) is 0 Å². The van der Waals surface area contributed by atoms with E-state index in [1.54, 1.807) is 0 Å². The van der Waals surface area contributed by atoms with Gasteiger partial charge in [-0.05, 0) is 12.3 Å². The summed E-state index contributed by atoms with van der Waals surface area (Å²) in [5, 5.41) is 0. The van der Waals surface area contributed by atoms with Crippen LogP contribution in [0.25, 0.3) is 0 Å². The van der Waals surface area contributed by atoms with Crippen LogP contribution >= 0.6 is 0 Å². The van der Waals surface area contributed by atoms with Crippen LogP contribution in [0.3, 0.4) is 0 Å². The molecule has 0 saturated heterocycles. The van der Waals surface area contributed by atoms with Crippen molar-refractivity contribution in [2.75, 3.05) is 6.61 Å². The lowest BCUT2D eigenvalue weighted by atomic mass is 10.1. The fraction of sp³-hybridized carbons (Fsp3) is 0.833. The first-order valence-electron chi connectivity index (χ1n) is 2.82. The van der Waals surface area contributed by atoms with Crippen molar-refractivity contribution in [1.82, 2.24) is 0 Å². The number of rotatable bonds is 4. The van der Waals surface area contributed by atoms with Crippen molar-refractivity contribution in [2.45, 2.75) is 20.3 Å². The van der Waals surface area contributed by atoms with Gasteiger partial charge in [-0.15, -0.1) is 0 Å². The molecule has 0 heterocycles. The van der Waals surface area contributed by atoms with E-state index < -0.39 is 0 Å². The van der Waals surface area contributed by atoms with Crippen LogP contribution in [0, 0.1) is 5.92 Å². The molecule has 0 spiro atoms. The van der Waals surface area contributed by atoms with Crippen molar-refractivity contribution in [3.8, 4) is 0 Å². The van der Waals surface area contributed by atoms with Crippen LogP contribution in [0.2, 0.25) is 0 Å². The monoisotopic (exact) mass is 116 g/mol. The molecule has 0 amide bonds. The Morgan fingerprint density at radius 1 is 1.62 bits per heavy atom. The van der Waals surface area contributed by atoms with E-state index >= 15 is 0 Å². The first-order valence-corrected chi connectivity index (χ1v) is 2.82. The van der Waals surface area contributed by atoms with Gasteiger partial charge in [-0.25, -0.2) is 0 Å². The Morgan fingerprint density at radius 3 is 2.62 bits per heavy atom.